The van der Waals surface area contributed by atoms with Crippen LogP contribution < -0.4 is 11.1 Å². The van der Waals surface area contributed by atoms with Gasteiger partial charge < -0.3 is 11.1 Å². The molecule has 1 heterocycles. The Morgan fingerprint density at radius 1 is 1.08 bits per heavy atom. The SMILES string of the molecule is Cc1cc(C)cc(NC(N)=NCc2ccnc3ccccc23)c1.I. The summed E-state index contributed by atoms with van der Waals surface area (Å²) in [6.07, 6.45) is 1.81. The summed E-state index contributed by atoms with van der Waals surface area (Å²) in [5.74, 6) is 0.413. The summed E-state index contributed by atoms with van der Waals surface area (Å²) < 4.78 is 0. The second-order valence-corrected chi connectivity index (χ2v) is 5.69. The van der Waals surface area contributed by atoms with E-state index in [4.69, 9.17) is 5.73 Å². The molecular formula is C19H21IN4. The highest BCUT2D eigenvalue weighted by Crippen LogP contribution is 2.17. The highest BCUT2D eigenvalue weighted by atomic mass is 127. The largest absolute Gasteiger partial charge is 0.370 e. The van der Waals surface area contributed by atoms with Gasteiger partial charge in [-0.05, 0) is 54.8 Å². The van der Waals surface area contributed by atoms with E-state index in [1.807, 2.05) is 24.3 Å². The maximum Gasteiger partial charge on any atom is 0.193 e. The number of aromatic nitrogens is 1. The van der Waals surface area contributed by atoms with Crippen molar-refractivity contribution >= 4 is 46.5 Å². The van der Waals surface area contributed by atoms with Crippen molar-refractivity contribution in [2.24, 2.45) is 10.7 Å². The van der Waals surface area contributed by atoms with Gasteiger partial charge in [-0.15, -0.1) is 24.0 Å². The average molecular weight is 432 g/mol. The van der Waals surface area contributed by atoms with E-state index >= 15 is 0 Å². The number of anilines is 1. The third kappa shape index (κ3) is 4.44. The first kappa shape index (κ1) is 18.2. The number of halogens is 1. The van der Waals surface area contributed by atoms with Crippen molar-refractivity contribution in [3.8, 4) is 0 Å². The van der Waals surface area contributed by atoms with Gasteiger partial charge in [-0.3, -0.25) is 4.98 Å². The molecule has 0 aliphatic rings. The minimum Gasteiger partial charge on any atom is -0.370 e. The van der Waals surface area contributed by atoms with Crippen molar-refractivity contribution in [3.63, 3.8) is 0 Å². The molecule has 3 rings (SSSR count). The molecule has 3 aromatic rings. The monoisotopic (exact) mass is 432 g/mol. The molecule has 24 heavy (non-hydrogen) atoms. The number of aliphatic imine (C=N–C) groups is 1. The first-order valence-electron chi connectivity index (χ1n) is 7.60. The lowest BCUT2D eigenvalue weighted by molar-refractivity contribution is 1.07. The first-order chi connectivity index (χ1) is 11.1. The standard InChI is InChI=1S/C19H20N4.HI/c1-13-9-14(2)11-16(10-13)23-19(20)22-12-15-7-8-21-18-6-4-3-5-17(15)18;/h3-11H,12H2,1-2H3,(H3,20,22,23);1H. The average Bonchev–Trinajstić information content (AvgIpc) is 2.52. The summed E-state index contributed by atoms with van der Waals surface area (Å²) in [5, 5.41) is 4.26. The van der Waals surface area contributed by atoms with Gasteiger partial charge in [0.15, 0.2) is 5.96 Å². The van der Waals surface area contributed by atoms with Crippen molar-refractivity contribution in [1.82, 2.24) is 4.98 Å². The minimum atomic E-state index is 0. The summed E-state index contributed by atoms with van der Waals surface area (Å²) in [6.45, 7) is 4.65. The maximum atomic E-state index is 6.02. The molecule has 0 bridgehead atoms. The van der Waals surface area contributed by atoms with Crippen molar-refractivity contribution in [1.29, 1.82) is 0 Å². The van der Waals surface area contributed by atoms with Gasteiger partial charge in [0.05, 0.1) is 12.1 Å². The van der Waals surface area contributed by atoms with Crippen LogP contribution in [0.3, 0.4) is 0 Å². The summed E-state index contributed by atoms with van der Waals surface area (Å²) in [7, 11) is 0. The Morgan fingerprint density at radius 2 is 1.79 bits per heavy atom. The number of hydrogen-bond donors (Lipinski definition) is 2. The maximum absolute atomic E-state index is 6.02. The minimum absolute atomic E-state index is 0. The summed E-state index contributed by atoms with van der Waals surface area (Å²) in [4.78, 5) is 8.82. The zero-order chi connectivity index (χ0) is 16.2. The number of pyridine rings is 1. The molecule has 0 unspecified atom stereocenters. The van der Waals surface area contributed by atoms with Crippen LogP contribution in [0.2, 0.25) is 0 Å². The van der Waals surface area contributed by atoms with E-state index in [1.165, 1.54) is 11.1 Å². The van der Waals surface area contributed by atoms with E-state index in [-0.39, 0.29) is 24.0 Å². The number of aryl methyl sites for hydroxylation is 2. The van der Waals surface area contributed by atoms with Gasteiger partial charge in [-0.2, -0.15) is 0 Å². The van der Waals surface area contributed by atoms with E-state index in [1.54, 1.807) is 6.20 Å². The van der Waals surface area contributed by atoms with E-state index in [2.05, 4.69) is 53.4 Å². The molecule has 124 valence electrons. The van der Waals surface area contributed by atoms with E-state index < -0.39 is 0 Å². The van der Waals surface area contributed by atoms with Crippen LogP contribution in [-0.4, -0.2) is 10.9 Å². The van der Waals surface area contributed by atoms with Gasteiger partial charge in [0.2, 0.25) is 0 Å². The predicted octanol–water partition coefficient (Wildman–Crippen LogP) is 4.40. The van der Waals surface area contributed by atoms with Crippen LogP contribution in [0.1, 0.15) is 16.7 Å². The molecule has 0 saturated heterocycles. The topological polar surface area (TPSA) is 63.3 Å². The van der Waals surface area contributed by atoms with Crippen LogP contribution in [0.4, 0.5) is 5.69 Å². The van der Waals surface area contributed by atoms with Gasteiger partial charge in [0, 0.05) is 17.3 Å². The molecule has 0 aliphatic carbocycles. The van der Waals surface area contributed by atoms with Crippen LogP contribution in [0, 0.1) is 13.8 Å². The number of para-hydroxylation sites is 1. The molecule has 0 amide bonds. The molecule has 3 N–H and O–H groups in total. The summed E-state index contributed by atoms with van der Waals surface area (Å²) >= 11 is 0. The van der Waals surface area contributed by atoms with Gasteiger partial charge >= 0.3 is 0 Å². The molecule has 0 atom stereocenters. The Kier molecular flexibility index (Phi) is 6.14. The lowest BCUT2D eigenvalue weighted by atomic mass is 10.1. The number of rotatable bonds is 3. The van der Waals surface area contributed by atoms with E-state index in [0.717, 1.165) is 22.2 Å². The van der Waals surface area contributed by atoms with Crippen LogP contribution in [0.5, 0.6) is 0 Å². The molecule has 0 spiro atoms. The Bertz CT molecular complexity index is 849. The zero-order valence-corrected chi connectivity index (χ0v) is 16.1. The molecule has 1 aromatic heterocycles. The molecule has 0 saturated carbocycles. The number of nitrogens with two attached hydrogens (primary N) is 1. The Morgan fingerprint density at radius 3 is 2.54 bits per heavy atom. The molecule has 0 radical (unpaired) electrons. The number of nitrogens with one attached hydrogen (secondary N) is 1. The lowest BCUT2D eigenvalue weighted by Crippen LogP contribution is -2.22. The fourth-order valence-electron chi connectivity index (χ4n) is 2.70. The Balaban J connectivity index is 0.00000208. The van der Waals surface area contributed by atoms with Crippen molar-refractivity contribution in [3.05, 3.63) is 71.4 Å². The molecule has 4 nitrogen and oxygen atoms in total. The zero-order valence-electron chi connectivity index (χ0n) is 13.8. The quantitative estimate of drug-likeness (QED) is 0.367. The Labute approximate surface area is 159 Å². The molecular weight excluding hydrogens is 411 g/mol. The van der Waals surface area contributed by atoms with Crippen molar-refractivity contribution in [2.75, 3.05) is 5.32 Å². The third-order valence-electron chi connectivity index (χ3n) is 3.65. The fraction of sp³-hybridized carbons (Fsp3) is 0.158. The van der Waals surface area contributed by atoms with Crippen LogP contribution >= 0.6 is 24.0 Å². The van der Waals surface area contributed by atoms with Crippen molar-refractivity contribution in [2.45, 2.75) is 20.4 Å². The first-order valence-corrected chi connectivity index (χ1v) is 7.60. The number of nitrogens with zero attached hydrogens (tertiary/aromatic N) is 2. The second-order valence-electron chi connectivity index (χ2n) is 5.69. The predicted molar refractivity (Wildman–Crippen MR) is 112 cm³/mol. The van der Waals surface area contributed by atoms with Gasteiger partial charge in [0.25, 0.3) is 0 Å². The molecule has 0 fully saturated rings. The lowest BCUT2D eigenvalue weighted by Gasteiger charge is -2.08. The summed E-state index contributed by atoms with van der Waals surface area (Å²) in [5.41, 5.74) is 11.5. The molecule has 0 aliphatic heterocycles. The second kappa shape index (κ2) is 8.10. The van der Waals surface area contributed by atoms with Crippen molar-refractivity contribution < 1.29 is 0 Å². The van der Waals surface area contributed by atoms with Crippen LogP contribution in [0.15, 0.2) is 59.7 Å². The smallest absolute Gasteiger partial charge is 0.193 e. The van der Waals surface area contributed by atoms with Gasteiger partial charge in [-0.1, -0.05) is 24.3 Å². The number of guanidine groups is 1. The number of hydrogen-bond acceptors (Lipinski definition) is 2. The highest BCUT2D eigenvalue weighted by molar-refractivity contribution is 14.0. The van der Waals surface area contributed by atoms with Crippen LogP contribution in [-0.2, 0) is 6.54 Å². The van der Waals surface area contributed by atoms with Crippen LogP contribution in [0.25, 0.3) is 10.9 Å². The highest BCUT2D eigenvalue weighted by Gasteiger charge is 2.02. The van der Waals surface area contributed by atoms with E-state index in [0.29, 0.717) is 12.5 Å². The molecule has 5 heteroatoms. The Hall–Kier alpha value is -2.15. The number of fused-ring (bicyclic) bond motifs is 1. The van der Waals surface area contributed by atoms with Gasteiger partial charge in [0.1, 0.15) is 0 Å². The fourth-order valence-corrected chi connectivity index (χ4v) is 2.70. The number of benzene rings is 2. The molecule has 2 aromatic carbocycles. The van der Waals surface area contributed by atoms with Gasteiger partial charge in [-0.25, -0.2) is 4.99 Å². The normalized spacial score (nSPS) is 11.2. The summed E-state index contributed by atoms with van der Waals surface area (Å²) in [6, 6.07) is 16.3. The third-order valence-corrected chi connectivity index (χ3v) is 3.65. The van der Waals surface area contributed by atoms with E-state index in [9.17, 15) is 0 Å².